The number of hydrogen-bond acceptors (Lipinski definition) is 6. The van der Waals surface area contributed by atoms with Crippen LogP contribution in [0.1, 0.15) is 104 Å². The van der Waals surface area contributed by atoms with Crippen molar-refractivity contribution in [1.82, 2.24) is 45.4 Å². The smallest absolute Gasteiger partial charge is 0.668 e. The summed E-state index contributed by atoms with van der Waals surface area (Å²) in [5.41, 5.74) is 8.35. The Morgan fingerprint density at radius 2 is 0.757 bits per heavy atom. The van der Waals surface area contributed by atoms with Crippen LogP contribution in [0.3, 0.4) is 0 Å². The molecule has 3 aromatic heterocycles. The van der Waals surface area contributed by atoms with E-state index in [-0.39, 0.29) is 60.2 Å². The van der Waals surface area contributed by atoms with E-state index in [2.05, 4.69) is 203 Å². The van der Waals surface area contributed by atoms with Crippen molar-refractivity contribution in [2.24, 2.45) is 0 Å². The number of fused-ring (bicyclic) bond motifs is 3. The number of tetrazole rings is 2. The van der Waals surface area contributed by atoms with E-state index in [1.807, 2.05) is 64.1 Å². The molecule has 3 heterocycles. The van der Waals surface area contributed by atoms with Gasteiger partial charge in [-0.1, -0.05) is 237 Å². The van der Waals surface area contributed by atoms with Crippen molar-refractivity contribution in [2.75, 3.05) is 0 Å². The molecule has 0 saturated carbocycles. The van der Waals surface area contributed by atoms with Gasteiger partial charge in [0.2, 0.25) is 11.6 Å². The fraction of sp³-hybridized carbons (Fsp3) is 0.519. The third kappa shape index (κ3) is 21.5. The fourth-order valence-electron chi connectivity index (χ4n) is 7.42. The average molecular weight is 1170 g/mol. The molecule has 70 heavy (non-hydrogen) atoms. The van der Waals surface area contributed by atoms with Crippen LogP contribution in [0, 0.1) is 51.2 Å². The summed E-state index contributed by atoms with van der Waals surface area (Å²) in [7, 11) is -4.42. The third-order valence-corrected chi connectivity index (χ3v) is 20.7. The molecular weight excluding hydrogens is 1080 g/mol. The summed E-state index contributed by atoms with van der Waals surface area (Å²) in [5, 5.41) is 29.0. The van der Waals surface area contributed by atoms with E-state index in [1.54, 1.807) is 9.59 Å². The molecule has 0 saturated heterocycles. The Morgan fingerprint density at radius 1 is 0.471 bits per heavy atom. The van der Waals surface area contributed by atoms with E-state index in [9.17, 15) is 0 Å². The van der Waals surface area contributed by atoms with Crippen LogP contribution in [0.4, 0.5) is 0 Å². The summed E-state index contributed by atoms with van der Waals surface area (Å²) in [4.78, 5) is 8.48. The maximum atomic E-state index is 5.19. The molecule has 0 aliphatic carbocycles. The Kier molecular flexibility index (Phi) is 23.1. The van der Waals surface area contributed by atoms with Gasteiger partial charge in [-0.25, -0.2) is 0 Å². The Bertz CT molecular complexity index is 2450. The molecule has 7 rings (SSSR count). The average Bonchev–Trinajstić information content (AvgIpc) is 3.95. The summed E-state index contributed by atoms with van der Waals surface area (Å²) >= 11 is 0. The van der Waals surface area contributed by atoms with Crippen LogP contribution in [0.2, 0.25) is 78.6 Å². The van der Waals surface area contributed by atoms with Gasteiger partial charge >= 0.3 is 37.3 Å². The van der Waals surface area contributed by atoms with Crippen molar-refractivity contribution in [2.45, 2.75) is 185 Å². The van der Waals surface area contributed by atoms with Crippen LogP contribution < -0.4 is 4.98 Å². The van der Waals surface area contributed by atoms with Crippen molar-refractivity contribution in [3.63, 3.8) is 0 Å². The van der Waals surface area contributed by atoms with E-state index in [0.717, 1.165) is 32.9 Å². The normalized spacial score (nSPS) is 12.3. The van der Waals surface area contributed by atoms with Crippen LogP contribution in [0.25, 0.3) is 53.9 Å². The molecule has 0 spiro atoms. The molecule has 7 aromatic rings. The summed E-state index contributed by atoms with van der Waals surface area (Å²) < 4.78 is 9.64. The summed E-state index contributed by atoms with van der Waals surface area (Å²) in [6.45, 7) is 53.2. The second-order valence-electron chi connectivity index (χ2n) is 24.7. The predicted octanol–water partition coefficient (Wildman–Crippen LogP) is 16.1. The first-order chi connectivity index (χ1) is 31.4. The quantitative estimate of drug-likeness (QED) is 0.139. The zero-order valence-corrected chi connectivity index (χ0v) is 53.3. The Balaban J connectivity index is 0.000000409. The van der Waals surface area contributed by atoms with Crippen molar-refractivity contribution in [3.05, 3.63) is 116 Å². The van der Waals surface area contributed by atoms with E-state index in [1.165, 1.54) is 22.3 Å². The molecule has 4 aromatic carbocycles. The van der Waals surface area contributed by atoms with Gasteiger partial charge in [0.25, 0.3) is 0 Å². The van der Waals surface area contributed by atoms with E-state index in [4.69, 9.17) is 24.5 Å². The summed E-state index contributed by atoms with van der Waals surface area (Å²) in [6, 6.07) is 29.6. The molecule has 0 bridgehead atoms. The van der Waals surface area contributed by atoms with Crippen molar-refractivity contribution in [3.8, 4) is 22.8 Å². The van der Waals surface area contributed by atoms with E-state index in [0.29, 0.717) is 11.6 Å². The Labute approximate surface area is 457 Å². The molecule has 0 aliphatic rings. The van der Waals surface area contributed by atoms with Gasteiger partial charge in [0.1, 0.15) is 0 Å². The van der Waals surface area contributed by atoms with Gasteiger partial charge < -0.3 is 14.3 Å². The molecule has 0 amide bonds. The number of aromatic nitrogens is 9. The SMILES string of the molecule is CC(C)n1nnc(-c2cc(C(C)(C)C)cc3c2[n-]c2c(-c4nnn(C(C)C)n4)cc(C(C)(C)C)cc23)n1.C[Si](C)(C)[N-][Si](C)(C)C.C[Si](C)(C)[N-][Si](C)(C)C.Cc1ccccc1.Cc1ccccc1.[Er+3]. The third-order valence-electron chi connectivity index (χ3n) is 9.95. The van der Waals surface area contributed by atoms with Gasteiger partial charge in [-0.3, -0.25) is 0 Å². The molecule has 0 fully saturated rings. The molecule has 16 heteroatoms. The fourth-order valence-corrected chi connectivity index (χ4v) is 23.5. The van der Waals surface area contributed by atoms with Gasteiger partial charge in [-0.15, -0.1) is 31.4 Å². The second-order valence-corrected chi connectivity index (χ2v) is 43.9. The number of benzene rings is 4. The minimum atomic E-state index is -1.11. The number of rotatable bonds is 8. The summed E-state index contributed by atoms with van der Waals surface area (Å²) in [5.74, 6) is 1.16. The first kappa shape index (κ1) is 63.0. The first-order valence-electron chi connectivity index (χ1n) is 24.6. The summed E-state index contributed by atoms with van der Waals surface area (Å²) in [6.07, 6.45) is 0. The van der Waals surface area contributed by atoms with Gasteiger partial charge in [-0.2, -0.15) is 9.59 Å². The predicted molar refractivity (Wildman–Crippen MR) is 309 cm³/mol. The maximum absolute atomic E-state index is 5.19. The van der Waals surface area contributed by atoms with Gasteiger partial charge in [0.05, 0.1) is 12.1 Å². The Morgan fingerprint density at radius 3 is 0.943 bits per heavy atom. The monoisotopic (exact) mass is 1170 g/mol. The van der Waals surface area contributed by atoms with Crippen LogP contribution in [-0.4, -0.2) is 73.4 Å². The Hall–Kier alpha value is -3.15. The minimum absolute atomic E-state index is 0. The molecule has 0 N–H and O–H groups in total. The zero-order chi connectivity index (χ0) is 52.5. The van der Waals surface area contributed by atoms with Gasteiger partial charge in [0.15, 0.2) is 0 Å². The number of aryl methyl sites for hydroxylation is 2. The van der Waals surface area contributed by atoms with Gasteiger partial charge in [0, 0.05) is 11.1 Å². The maximum Gasteiger partial charge on any atom is 3.00 e. The van der Waals surface area contributed by atoms with Crippen molar-refractivity contribution in [1.29, 1.82) is 0 Å². The molecule has 387 valence electrons. The molecule has 0 atom stereocenters. The van der Waals surface area contributed by atoms with E-state index >= 15 is 0 Å². The largest absolute Gasteiger partial charge is 3.00 e. The topological polar surface area (TPSA) is 130 Å². The van der Waals surface area contributed by atoms with Crippen molar-refractivity contribution < 1.29 is 37.3 Å². The van der Waals surface area contributed by atoms with Crippen LogP contribution >= 0.6 is 0 Å². The van der Waals surface area contributed by atoms with Crippen LogP contribution in [0.15, 0.2) is 84.9 Å². The zero-order valence-electron chi connectivity index (χ0n) is 47.4. The molecule has 0 aliphatic heterocycles. The van der Waals surface area contributed by atoms with Gasteiger partial charge in [-0.05, 0) is 96.8 Å². The van der Waals surface area contributed by atoms with Crippen molar-refractivity contribution >= 4 is 54.7 Å². The van der Waals surface area contributed by atoms with E-state index < -0.39 is 32.9 Å². The molecule has 0 unspecified atom stereocenters. The standard InChI is InChI=1S/C28H36N9.2C7H8.2C6H18NSi2.Er/c1-15(2)36-32-25(30-34-36)21-13-17(27(5,6)7)11-19-20-12-18(28(8,9)10)14-22(24(20)29-23(19)21)26-31-35-37(33-26)16(3)4;2*1-7-5-3-2-4-6-7;2*1-8(2,3)7-9(4,5)6;/h11-16H,1-10H3;2*2-6H,1H3;2*1-6H3;/q-1;;;2*-1;+3. The van der Waals surface area contributed by atoms with Crippen LogP contribution in [0.5, 0.6) is 0 Å². The molecule has 11 nitrogen and oxygen atoms in total. The van der Waals surface area contributed by atoms with Crippen LogP contribution in [-0.2, 0) is 10.8 Å². The first-order valence-corrected chi connectivity index (χ1v) is 38.4. The minimum Gasteiger partial charge on any atom is -0.668 e. The second kappa shape index (κ2) is 25.7. The molecular formula is C54H88ErN11Si4. The molecule has 1 radical (unpaired) electrons. The number of nitrogens with zero attached hydrogens (tertiary/aromatic N) is 11. The number of hydrogen-bond donors (Lipinski definition) is 0.